The number of ether oxygens (including phenoxy) is 2. The van der Waals surface area contributed by atoms with Gasteiger partial charge in [-0.2, -0.15) is 25.4 Å². The third kappa shape index (κ3) is 13.0. The molecule has 0 saturated heterocycles. The molecule has 29 heteroatoms. The van der Waals surface area contributed by atoms with Crippen molar-refractivity contribution in [3.8, 4) is 29.1 Å². The fraction of sp³-hybridized carbons (Fsp3) is 0.115. The summed E-state index contributed by atoms with van der Waals surface area (Å²) in [5.41, 5.74) is 13.2. The zero-order chi connectivity index (χ0) is 62.7. The van der Waals surface area contributed by atoms with Crippen molar-refractivity contribution >= 4 is 62.0 Å². The van der Waals surface area contributed by atoms with Crippen molar-refractivity contribution in [2.45, 2.75) is 33.1 Å². The highest BCUT2D eigenvalue weighted by molar-refractivity contribution is 6.04. The molecule has 0 spiro atoms. The monoisotopic (exact) mass is 1220 g/mol. The van der Waals surface area contributed by atoms with Crippen LogP contribution in [0.25, 0.3) is 67.2 Å². The SMILES string of the molecule is CCOC(=O)c1nn(Cc2ccccc2F)c2ncccc12.COc1n[nH]c(-c2nn(Cc3ccccc3F)c3ncccc23)n1.NNC(=O)c1nn(Cc2ccccc2F)c2ncccc12.Nc1nnc(-c2nn(Cc3ccccc3F)c3ncccc23)o1. The molecule has 90 heavy (non-hydrogen) atoms. The van der Waals surface area contributed by atoms with Crippen LogP contribution in [0.5, 0.6) is 6.01 Å². The Kier molecular flexibility index (Phi) is 17.9. The molecule has 14 rings (SSSR count). The van der Waals surface area contributed by atoms with Crippen LogP contribution in [-0.4, -0.2) is 110 Å². The summed E-state index contributed by atoms with van der Waals surface area (Å²) in [5.74, 6) is 3.58. The molecule has 0 atom stereocenters. The van der Waals surface area contributed by atoms with Crippen molar-refractivity contribution < 1.29 is 41.0 Å². The van der Waals surface area contributed by atoms with Gasteiger partial charge in [0, 0.05) is 47.0 Å². The van der Waals surface area contributed by atoms with Gasteiger partial charge in [0.1, 0.15) is 29.0 Å². The van der Waals surface area contributed by atoms with Crippen LogP contribution in [0.4, 0.5) is 23.6 Å². The molecule has 0 aliphatic rings. The van der Waals surface area contributed by atoms with E-state index in [1.165, 1.54) is 40.7 Å². The van der Waals surface area contributed by atoms with Crippen molar-refractivity contribution in [2.24, 2.45) is 5.84 Å². The number of nitrogens with one attached hydrogen (secondary N) is 2. The topological polar surface area (TPSA) is 320 Å². The Bertz CT molecular complexity index is 4850. The predicted molar refractivity (Wildman–Crippen MR) is 319 cm³/mol. The Morgan fingerprint density at radius 2 is 0.933 bits per heavy atom. The molecule has 25 nitrogen and oxygen atoms in total. The molecular formula is C61H50F4N20O5. The minimum atomic E-state index is -0.514. The Morgan fingerprint density at radius 3 is 1.34 bits per heavy atom. The minimum Gasteiger partial charge on any atom is -0.466 e. The number of anilines is 1. The Labute approximate surface area is 506 Å². The summed E-state index contributed by atoms with van der Waals surface area (Å²) >= 11 is 0. The van der Waals surface area contributed by atoms with Gasteiger partial charge in [0.05, 0.1) is 61.4 Å². The van der Waals surface area contributed by atoms with E-state index in [1.807, 2.05) is 23.6 Å². The molecule has 6 N–H and O–H groups in total. The standard InChI is InChI=1S/C16H13FN6O.C16H14FN3O2.C15H11FN6O.C14H12FN5O/c1-24-16-19-14(20-21-16)13-11-6-4-8-18-15(11)23(22-13)9-10-5-2-3-7-12(10)17;1-2-22-16(21)14-12-7-5-9-18-15(12)20(19-14)10-11-6-3-4-8-13(11)17;16-11-6-2-1-4-9(11)8-22-13-10(5-3-7-18-13)12(21-22)14-19-20-15(17)23-14;15-11-6-2-1-4-9(11)8-20-13-10(5-3-7-17-13)12(19-20)14(21)18-16/h2-8H,9H2,1H3,(H,19,20,21);3-9H,2,10H2,1H3;1-7H,8H2,(H2,17,20);1-7H,8,16H2,(H,18,21). The molecule has 4 aromatic carbocycles. The number of carbonyl (C=O) groups excluding carboxylic acids is 2. The first-order chi connectivity index (χ1) is 43.9. The number of methoxy groups -OCH3 is 1. The van der Waals surface area contributed by atoms with E-state index in [9.17, 15) is 27.2 Å². The van der Waals surface area contributed by atoms with Crippen LogP contribution >= 0.6 is 0 Å². The zero-order valence-electron chi connectivity index (χ0n) is 47.6. The van der Waals surface area contributed by atoms with Crippen LogP contribution in [0.1, 0.15) is 50.2 Å². The number of aromatic amines is 1. The number of hydrogen-bond acceptors (Lipinski definition) is 19. The Hall–Kier alpha value is -12.1. The van der Waals surface area contributed by atoms with E-state index >= 15 is 0 Å². The first-order valence-electron chi connectivity index (χ1n) is 27.3. The highest BCUT2D eigenvalue weighted by Gasteiger charge is 2.23. The molecule has 452 valence electrons. The lowest BCUT2D eigenvalue weighted by molar-refractivity contribution is 0.0520. The lowest BCUT2D eigenvalue weighted by Crippen LogP contribution is -2.30. The summed E-state index contributed by atoms with van der Waals surface area (Å²) in [4.78, 5) is 45.1. The molecular weight excluding hydrogens is 1170 g/mol. The van der Waals surface area contributed by atoms with Gasteiger partial charge in [-0.15, -0.1) is 10.2 Å². The van der Waals surface area contributed by atoms with E-state index < -0.39 is 11.9 Å². The first-order valence-corrected chi connectivity index (χ1v) is 27.3. The van der Waals surface area contributed by atoms with Crippen molar-refractivity contribution in [2.75, 3.05) is 19.5 Å². The predicted octanol–water partition coefficient (Wildman–Crippen LogP) is 8.68. The van der Waals surface area contributed by atoms with Crippen LogP contribution in [0.3, 0.4) is 0 Å². The number of halogens is 4. The number of carbonyl (C=O) groups is 2. The molecule has 0 unspecified atom stereocenters. The Balaban J connectivity index is 0.000000124. The number of pyridine rings is 4. The minimum absolute atomic E-state index is 0.0410. The molecule has 10 aromatic heterocycles. The number of nitrogen functional groups attached to an aromatic ring is 2. The molecule has 0 aliphatic carbocycles. The number of rotatable bonds is 14. The Morgan fingerprint density at radius 1 is 0.533 bits per heavy atom. The van der Waals surface area contributed by atoms with Gasteiger partial charge in [0.2, 0.25) is 0 Å². The molecule has 0 fully saturated rings. The van der Waals surface area contributed by atoms with Gasteiger partial charge in [-0.05, 0) is 79.7 Å². The second kappa shape index (κ2) is 27.1. The average Bonchev–Trinajstić information content (AvgIpc) is 1.80. The van der Waals surface area contributed by atoms with E-state index in [-0.39, 0.29) is 85.4 Å². The number of amides is 1. The maximum atomic E-state index is 13.9. The summed E-state index contributed by atoms with van der Waals surface area (Å²) in [6, 6.07) is 40.4. The number of benzene rings is 4. The van der Waals surface area contributed by atoms with E-state index in [2.05, 4.69) is 65.7 Å². The van der Waals surface area contributed by atoms with Gasteiger partial charge < -0.3 is 19.6 Å². The van der Waals surface area contributed by atoms with E-state index in [0.717, 1.165) is 10.8 Å². The zero-order valence-corrected chi connectivity index (χ0v) is 47.6. The fourth-order valence-corrected chi connectivity index (χ4v) is 9.32. The number of esters is 1. The summed E-state index contributed by atoms with van der Waals surface area (Å²) < 4.78 is 76.9. The summed E-state index contributed by atoms with van der Waals surface area (Å²) in [5, 5.41) is 34.3. The van der Waals surface area contributed by atoms with Crippen LogP contribution in [0.2, 0.25) is 0 Å². The highest BCUT2D eigenvalue weighted by Crippen LogP contribution is 2.29. The summed E-state index contributed by atoms with van der Waals surface area (Å²) in [6.45, 7) is 2.88. The van der Waals surface area contributed by atoms with Crippen LogP contribution < -0.4 is 21.7 Å². The van der Waals surface area contributed by atoms with Gasteiger partial charge in [0.25, 0.3) is 11.8 Å². The molecule has 0 saturated carbocycles. The first kappa shape index (κ1) is 59.6. The van der Waals surface area contributed by atoms with Gasteiger partial charge in [-0.25, -0.2) is 66.9 Å². The lowest BCUT2D eigenvalue weighted by Gasteiger charge is -2.04. The van der Waals surface area contributed by atoms with Gasteiger partial charge in [-0.1, -0.05) is 77.9 Å². The van der Waals surface area contributed by atoms with Crippen LogP contribution in [-0.2, 0) is 30.9 Å². The summed E-state index contributed by atoms with van der Waals surface area (Å²) in [7, 11) is 1.49. The highest BCUT2D eigenvalue weighted by atomic mass is 19.1. The lowest BCUT2D eigenvalue weighted by atomic mass is 10.2. The quantitative estimate of drug-likeness (QED) is 0.0260. The fourth-order valence-electron chi connectivity index (χ4n) is 9.32. The third-order valence-electron chi connectivity index (χ3n) is 13.5. The number of nitrogens with two attached hydrogens (primary N) is 2. The second-order valence-corrected chi connectivity index (χ2v) is 19.2. The number of H-pyrrole nitrogens is 1. The van der Waals surface area contributed by atoms with Gasteiger partial charge in [0.15, 0.2) is 45.5 Å². The molecule has 10 heterocycles. The normalized spacial score (nSPS) is 11.0. The van der Waals surface area contributed by atoms with E-state index in [1.54, 1.807) is 144 Å². The maximum absolute atomic E-state index is 13.9. The average molecular weight is 1220 g/mol. The summed E-state index contributed by atoms with van der Waals surface area (Å²) in [6.07, 6.45) is 6.52. The van der Waals surface area contributed by atoms with Gasteiger partial charge >= 0.3 is 18.0 Å². The third-order valence-corrected chi connectivity index (χ3v) is 13.5. The van der Waals surface area contributed by atoms with Crippen LogP contribution in [0, 0.1) is 23.3 Å². The molecule has 1 amide bonds. The van der Waals surface area contributed by atoms with Crippen LogP contribution in [0.15, 0.2) is 175 Å². The number of hydrazine groups is 1. The van der Waals surface area contributed by atoms with E-state index in [0.29, 0.717) is 72.8 Å². The smallest absolute Gasteiger partial charge is 0.359 e. The molecule has 0 aliphatic heterocycles. The number of fused-ring (bicyclic) bond motifs is 4. The van der Waals surface area contributed by atoms with Crippen molar-refractivity contribution in [1.82, 2.24) is 89.9 Å². The largest absolute Gasteiger partial charge is 0.466 e. The second-order valence-electron chi connectivity index (χ2n) is 19.2. The number of hydrogen-bond donors (Lipinski definition) is 4. The van der Waals surface area contributed by atoms with Crippen molar-refractivity contribution in [3.63, 3.8) is 0 Å². The number of nitrogens with zero attached hydrogens (tertiary/aromatic N) is 16. The number of aromatic nitrogens is 17. The van der Waals surface area contributed by atoms with Gasteiger partial charge in [-0.3, -0.25) is 15.3 Å². The van der Waals surface area contributed by atoms with E-state index in [4.69, 9.17) is 25.5 Å². The molecule has 0 radical (unpaired) electrons. The maximum Gasteiger partial charge on any atom is 0.359 e. The van der Waals surface area contributed by atoms with Crippen molar-refractivity contribution in [1.29, 1.82) is 0 Å². The molecule has 14 aromatic rings. The van der Waals surface area contributed by atoms with Crippen molar-refractivity contribution in [3.05, 3.63) is 227 Å². The molecule has 0 bridgehead atoms.